The lowest BCUT2D eigenvalue weighted by Crippen LogP contribution is -2.52. The number of amides is 3. The van der Waals surface area contributed by atoms with Crippen LogP contribution in [0.2, 0.25) is 0 Å². The van der Waals surface area contributed by atoms with Crippen molar-refractivity contribution in [2.24, 2.45) is 5.92 Å². The van der Waals surface area contributed by atoms with Gasteiger partial charge in [0.2, 0.25) is 5.91 Å². The van der Waals surface area contributed by atoms with Crippen LogP contribution in [0.25, 0.3) is 22.4 Å². The van der Waals surface area contributed by atoms with Gasteiger partial charge in [0.05, 0.1) is 11.2 Å². The largest absolute Gasteiger partial charge is 0.465 e. The molecule has 0 aliphatic heterocycles. The van der Waals surface area contributed by atoms with E-state index in [9.17, 15) is 19.5 Å². The Bertz CT molecular complexity index is 1510. The Morgan fingerprint density at radius 1 is 1.00 bits per heavy atom. The number of carbonyl (C=O) groups is 3. The van der Waals surface area contributed by atoms with Crippen molar-refractivity contribution in [2.75, 3.05) is 12.4 Å². The molecule has 2 aromatic heterocycles. The van der Waals surface area contributed by atoms with Crippen LogP contribution in [0.3, 0.4) is 0 Å². The van der Waals surface area contributed by atoms with E-state index in [0.29, 0.717) is 12.2 Å². The zero-order chi connectivity index (χ0) is 32.2. The van der Waals surface area contributed by atoms with Gasteiger partial charge in [-0.1, -0.05) is 30.3 Å². The van der Waals surface area contributed by atoms with Crippen LogP contribution >= 0.6 is 0 Å². The van der Waals surface area contributed by atoms with Gasteiger partial charge in [0.1, 0.15) is 11.4 Å². The summed E-state index contributed by atoms with van der Waals surface area (Å²) in [6, 6.07) is 15.7. The van der Waals surface area contributed by atoms with Crippen molar-refractivity contribution in [3.63, 3.8) is 0 Å². The third-order valence-corrected chi connectivity index (χ3v) is 8.95. The van der Waals surface area contributed by atoms with Crippen LogP contribution in [-0.2, 0) is 15.1 Å². The number of nitrogens with one attached hydrogen (secondary N) is 2. The number of nitrogens with zero attached hydrogens (tertiary/aromatic N) is 3. The molecule has 0 radical (unpaired) electrons. The molecule has 0 unspecified atom stereocenters. The Balaban J connectivity index is 1.31. The van der Waals surface area contributed by atoms with Crippen molar-refractivity contribution in [3.05, 3.63) is 66.5 Å². The minimum atomic E-state index is -0.914. The molecule has 0 bridgehead atoms. The van der Waals surface area contributed by atoms with Gasteiger partial charge < -0.3 is 25.4 Å². The summed E-state index contributed by atoms with van der Waals surface area (Å²) in [6.45, 7) is 5.57. The van der Waals surface area contributed by atoms with Crippen LogP contribution in [-0.4, -0.2) is 56.8 Å². The fraction of sp³-hybridized carbons (Fsp3) is 0.457. The minimum absolute atomic E-state index is 0.00603. The molecule has 0 atom stereocenters. The van der Waals surface area contributed by atoms with Crippen LogP contribution in [0, 0.1) is 5.92 Å². The molecule has 3 N–H and O–H groups in total. The highest BCUT2D eigenvalue weighted by atomic mass is 16.6. The molecule has 10 nitrogen and oxygen atoms in total. The molecule has 2 aliphatic carbocycles. The quantitative estimate of drug-likeness (QED) is 0.244. The van der Waals surface area contributed by atoms with E-state index < -0.39 is 23.3 Å². The van der Waals surface area contributed by atoms with Gasteiger partial charge in [0.25, 0.3) is 0 Å². The van der Waals surface area contributed by atoms with Gasteiger partial charge >= 0.3 is 12.2 Å². The first-order valence-corrected chi connectivity index (χ1v) is 15.7. The SMILES string of the molecule is CN(C(=O)O)C1CCC(CC(=O)Nc2cc(-c3ccccn3)c(-c3ccc(C4(NC(=O)OC(C)(C)C)CCC4)cc3)cn2)CC1. The van der Waals surface area contributed by atoms with Crippen LogP contribution < -0.4 is 10.6 Å². The number of carbonyl (C=O) groups excluding carboxylic acids is 2. The van der Waals surface area contributed by atoms with Crippen molar-refractivity contribution in [3.8, 4) is 22.4 Å². The number of hydrogen-bond acceptors (Lipinski definition) is 6. The average molecular weight is 614 g/mol. The fourth-order valence-corrected chi connectivity index (χ4v) is 6.32. The number of alkyl carbamates (subject to hydrolysis) is 1. The summed E-state index contributed by atoms with van der Waals surface area (Å²) in [5.41, 5.74) is 3.44. The highest BCUT2D eigenvalue weighted by Crippen LogP contribution is 2.42. The minimum Gasteiger partial charge on any atom is -0.465 e. The number of hydrogen-bond donors (Lipinski definition) is 3. The smallest absolute Gasteiger partial charge is 0.408 e. The Labute approximate surface area is 264 Å². The topological polar surface area (TPSA) is 134 Å². The maximum absolute atomic E-state index is 13.0. The normalized spacial score (nSPS) is 19.1. The third kappa shape index (κ3) is 7.79. The molecule has 0 saturated heterocycles. The first-order chi connectivity index (χ1) is 21.4. The monoisotopic (exact) mass is 613 g/mol. The van der Waals surface area contributed by atoms with E-state index in [4.69, 9.17) is 4.74 Å². The van der Waals surface area contributed by atoms with Crippen molar-refractivity contribution >= 4 is 23.9 Å². The second-order valence-corrected chi connectivity index (χ2v) is 13.3. The van der Waals surface area contributed by atoms with Crippen molar-refractivity contribution in [2.45, 2.75) is 89.3 Å². The summed E-state index contributed by atoms with van der Waals surface area (Å²) >= 11 is 0. The van der Waals surface area contributed by atoms with Gasteiger partial charge in [0, 0.05) is 43.0 Å². The molecule has 3 amide bonds. The zero-order valence-corrected chi connectivity index (χ0v) is 26.5. The molecule has 0 spiro atoms. The lowest BCUT2D eigenvalue weighted by molar-refractivity contribution is -0.117. The number of benzene rings is 1. The molecule has 238 valence electrons. The number of ether oxygens (including phenoxy) is 1. The van der Waals surface area contributed by atoms with E-state index in [1.165, 1.54) is 4.90 Å². The lowest BCUT2D eigenvalue weighted by Gasteiger charge is -2.43. The van der Waals surface area contributed by atoms with Crippen LogP contribution in [0.1, 0.15) is 77.7 Å². The molecule has 2 saturated carbocycles. The van der Waals surface area contributed by atoms with Crippen LogP contribution in [0.5, 0.6) is 0 Å². The Morgan fingerprint density at radius 3 is 2.29 bits per heavy atom. The molecule has 45 heavy (non-hydrogen) atoms. The van der Waals surface area contributed by atoms with E-state index in [-0.39, 0.29) is 17.9 Å². The summed E-state index contributed by atoms with van der Waals surface area (Å²) in [5.74, 6) is 0.556. The van der Waals surface area contributed by atoms with E-state index >= 15 is 0 Å². The Morgan fingerprint density at radius 2 is 1.71 bits per heavy atom. The van der Waals surface area contributed by atoms with E-state index in [1.54, 1.807) is 19.4 Å². The molecule has 5 rings (SSSR count). The number of rotatable bonds is 8. The van der Waals surface area contributed by atoms with Crippen molar-refractivity contribution in [1.29, 1.82) is 0 Å². The first kappa shape index (κ1) is 31.9. The second-order valence-electron chi connectivity index (χ2n) is 13.3. The molecule has 2 heterocycles. The second kappa shape index (κ2) is 13.3. The molecule has 2 aliphatic rings. The number of pyridine rings is 2. The summed E-state index contributed by atoms with van der Waals surface area (Å²) in [5, 5.41) is 15.3. The maximum atomic E-state index is 13.0. The Hall–Kier alpha value is -4.47. The van der Waals surface area contributed by atoms with Gasteiger partial charge in [-0.25, -0.2) is 14.6 Å². The van der Waals surface area contributed by atoms with Crippen LogP contribution in [0.15, 0.2) is 60.9 Å². The highest BCUT2D eigenvalue weighted by Gasteiger charge is 2.41. The molecular weight excluding hydrogens is 570 g/mol. The number of carboxylic acid groups (broad SMARTS) is 1. The molecular formula is C35H43N5O5. The van der Waals surface area contributed by atoms with Gasteiger partial charge in [-0.05, 0) is 101 Å². The van der Waals surface area contributed by atoms with E-state index in [1.807, 2.05) is 69.3 Å². The molecule has 2 fully saturated rings. The predicted octanol–water partition coefficient (Wildman–Crippen LogP) is 7.21. The maximum Gasteiger partial charge on any atom is 0.408 e. The number of aromatic nitrogens is 2. The van der Waals surface area contributed by atoms with Crippen molar-refractivity contribution < 1.29 is 24.2 Å². The fourth-order valence-electron chi connectivity index (χ4n) is 6.32. The predicted molar refractivity (Wildman–Crippen MR) is 173 cm³/mol. The first-order valence-electron chi connectivity index (χ1n) is 15.7. The average Bonchev–Trinajstić information content (AvgIpc) is 2.98. The summed E-state index contributed by atoms with van der Waals surface area (Å²) in [7, 11) is 1.61. The highest BCUT2D eigenvalue weighted by molar-refractivity contribution is 5.92. The van der Waals surface area contributed by atoms with Gasteiger partial charge in [-0.2, -0.15) is 0 Å². The molecule has 10 heteroatoms. The van der Waals surface area contributed by atoms with Crippen molar-refractivity contribution in [1.82, 2.24) is 20.2 Å². The number of anilines is 1. The van der Waals surface area contributed by atoms with E-state index in [0.717, 1.165) is 72.9 Å². The Kier molecular flexibility index (Phi) is 9.41. The van der Waals surface area contributed by atoms with Gasteiger partial charge in [-0.15, -0.1) is 0 Å². The summed E-state index contributed by atoms with van der Waals surface area (Å²) < 4.78 is 5.53. The van der Waals surface area contributed by atoms with Crippen LogP contribution in [0.4, 0.5) is 15.4 Å². The van der Waals surface area contributed by atoms with Gasteiger partial charge in [-0.3, -0.25) is 9.78 Å². The standard InChI is InChI=1S/C35H43N5O5/c1-34(2,3)45-32(42)39-35(17-7-18-35)25-13-11-24(12-14-25)28-22-37-30(21-27(28)29-8-5-6-19-36-29)38-31(41)20-23-9-15-26(16-10-23)40(4)33(43)44/h5-6,8,11-14,19,21-23,26H,7,9-10,15-18,20H2,1-4H3,(H,39,42)(H,43,44)(H,37,38,41). The zero-order valence-electron chi connectivity index (χ0n) is 26.5. The lowest BCUT2D eigenvalue weighted by atomic mass is 9.71. The molecule has 1 aromatic carbocycles. The third-order valence-electron chi connectivity index (χ3n) is 8.95. The molecule has 3 aromatic rings. The summed E-state index contributed by atoms with van der Waals surface area (Å²) in [6.07, 6.45) is 8.41. The summed E-state index contributed by atoms with van der Waals surface area (Å²) in [4.78, 5) is 47.5. The van der Waals surface area contributed by atoms with E-state index in [2.05, 4.69) is 20.6 Å². The van der Waals surface area contributed by atoms with Gasteiger partial charge in [0.15, 0.2) is 0 Å².